The van der Waals surface area contributed by atoms with Crippen LogP contribution in [0.25, 0.3) is 0 Å². The molecule has 0 saturated heterocycles. The highest BCUT2D eigenvalue weighted by Crippen LogP contribution is 2.38. The topological polar surface area (TPSA) is 41.8 Å². The van der Waals surface area contributed by atoms with Crippen molar-refractivity contribution in [2.45, 2.75) is 25.8 Å². The molecule has 0 bridgehead atoms. The van der Waals surface area contributed by atoms with Crippen LogP contribution in [0.15, 0.2) is 12.1 Å². The Morgan fingerprint density at radius 2 is 2.27 bits per heavy atom. The number of aromatic nitrogens is 1. The molecule has 0 unspecified atom stereocenters. The molecule has 1 saturated carbocycles. The molecule has 3 N–H and O–H groups in total. The number of hydrogen-bond acceptors (Lipinski definition) is 1. The van der Waals surface area contributed by atoms with Gasteiger partial charge in [0, 0.05) is 17.4 Å². The van der Waals surface area contributed by atoms with Gasteiger partial charge in [0.2, 0.25) is 0 Å². The summed E-state index contributed by atoms with van der Waals surface area (Å²) < 4.78 is 0. The van der Waals surface area contributed by atoms with Gasteiger partial charge in [-0.05, 0) is 37.8 Å². The number of hydrogen-bond donors (Lipinski definition) is 2. The summed E-state index contributed by atoms with van der Waals surface area (Å²) >= 11 is 0. The molecule has 0 aromatic carbocycles. The summed E-state index contributed by atoms with van der Waals surface area (Å²) in [4.78, 5) is 3.27. The van der Waals surface area contributed by atoms with Gasteiger partial charge < -0.3 is 10.7 Å². The normalized spacial score (nSPS) is 20.2. The minimum Gasteiger partial charge on any atom is -0.361 e. The van der Waals surface area contributed by atoms with E-state index in [-0.39, 0.29) is 6.04 Å². The lowest BCUT2D eigenvalue weighted by atomic mass is 10.1. The monoisotopic (exact) mass is 150 g/mol. The average Bonchev–Trinajstić information content (AvgIpc) is 2.74. The highest BCUT2D eigenvalue weighted by atomic mass is 14.8. The van der Waals surface area contributed by atoms with Crippen LogP contribution in [-0.2, 0) is 0 Å². The molecule has 0 radical (unpaired) electrons. The summed E-state index contributed by atoms with van der Waals surface area (Å²) in [5.74, 6) is 0.744. The van der Waals surface area contributed by atoms with Gasteiger partial charge in [-0.3, -0.25) is 0 Å². The van der Waals surface area contributed by atoms with Crippen LogP contribution >= 0.6 is 0 Å². The molecule has 0 amide bonds. The molecule has 1 aromatic rings. The van der Waals surface area contributed by atoms with Crippen molar-refractivity contribution in [2.75, 3.05) is 0 Å². The van der Waals surface area contributed by atoms with Crippen LogP contribution < -0.4 is 5.73 Å². The molecule has 60 valence electrons. The van der Waals surface area contributed by atoms with E-state index >= 15 is 0 Å². The third kappa shape index (κ3) is 1.31. The molecule has 1 heterocycles. The maximum atomic E-state index is 5.98. The Hall–Kier alpha value is -0.760. The molecule has 0 aliphatic heterocycles. The van der Waals surface area contributed by atoms with Gasteiger partial charge in [-0.15, -0.1) is 0 Å². The zero-order chi connectivity index (χ0) is 7.84. The molecule has 1 fully saturated rings. The summed E-state index contributed by atoms with van der Waals surface area (Å²) in [5, 5.41) is 0. The standard InChI is InChI=1S/C9H14N2/c1-6-2-5-8(11-6)9(10)7-3-4-7/h2,5,7,9,11H,3-4,10H2,1H3/t9-/m1/s1. The molecule has 0 spiro atoms. The Bertz CT molecular complexity index is 248. The van der Waals surface area contributed by atoms with Crippen molar-refractivity contribution in [3.8, 4) is 0 Å². The fourth-order valence-electron chi connectivity index (χ4n) is 1.43. The molecule has 11 heavy (non-hydrogen) atoms. The first kappa shape index (κ1) is 6.92. The van der Waals surface area contributed by atoms with Crippen molar-refractivity contribution in [1.82, 2.24) is 4.98 Å². The first-order valence-corrected chi connectivity index (χ1v) is 4.18. The van der Waals surface area contributed by atoms with E-state index in [0.717, 1.165) is 5.92 Å². The first-order valence-electron chi connectivity index (χ1n) is 4.18. The molecular formula is C9H14N2. The highest BCUT2D eigenvalue weighted by molar-refractivity contribution is 5.16. The van der Waals surface area contributed by atoms with E-state index in [1.165, 1.54) is 24.2 Å². The van der Waals surface area contributed by atoms with Crippen LogP contribution in [0.1, 0.15) is 30.3 Å². The minimum absolute atomic E-state index is 0.253. The van der Waals surface area contributed by atoms with Crippen molar-refractivity contribution < 1.29 is 0 Å². The smallest absolute Gasteiger partial charge is 0.0476 e. The molecule has 1 aliphatic carbocycles. The van der Waals surface area contributed by atoms with Crippen LogP contribution in [-0.4, -0.2) is 4.98 Å². The molecule has 1 aliphatic rings. The van der Waals surface area contributed by atoms with Gasteiger partial charge >= 0.3 is 0 Å². The Labute approximate surface area is 66.8 Å². The van der Waals surface area contributed by atoms with Crippen molar-refractivity contribution in [3.63, 3.8) is 0 Å². The highest BCUT2D eigenvalue weighted by Gasteiger charge is 2.29. The van der Waals surface area contributed by atoms with Gasteiger partial charge in [0.25, 0.3) is 0 Å². The molecule has 2 heteroatoms. The van der Waals surface area contributed by atoms with Crippen LogP contribution in [0.4, 0.5) is 0 Å². The third-order valence-electron chi connectivity index (χ3n) is 2.34. The lowest BCUT2D eigenvalue weighted by Gasteiger charge is -2.06. The van der Waals surface area contributed by atoms with E-state index in [2.05, 4.69) is 24.0 Å². The Kier molecular flexibility index (Phi) is 1.50. The lowest BCUT2D eigenvalue weighted by molar-refractivity contribution is 0.617. The average molecular weight is 150 g/mol. The Morgan fingerprint density at radius 1 is 1.55 bits per heavy atom. The molecule has 2 rings (SSSR count). The van der Waals surface area contributed by atoms with Crippen LogP contribution in [0.5, 0.6) is 0 Å². The van der Waals surface area contributed by atoms with E-state index in [0.29, 0.717) is 0 Å². The quantitative estimate of drug-likeness (QED) is 0.662. The lowest BCUT2D eigenvalue weighted by Crippen LogP contribution is -2.12. The van der Waals surface area contributed by atoms with Gasteiger partial charge in [-0.2, -0.15) is 0 Å². The van der Waals surface area contributed by atoms with E-state index in [9.17, 15) is 0 Å². The SMILES string of the molecule is Cc1ccc([C@H](N)C2CC2)[nH]1. The van der Waals surface area contributed by atoms with Crippen molar-refractivity contribution >= 4 is 0 Å². The summed E-state index contributed by atoms with van der Waals surface area (Å²) in [5.41, 5.74) is 8.39. The largest absolute Gasteiger partial charge is 0.361 e. The third-order valence-corrected chi connectivity index (χ3v) is 2.34. The fourth-order valence-corrected chi connectivity index (χ4v) is 1.43. The van der Waals surface area contributed by atoms with Gasteiger partial charge in [-0.25, -0.2) is 0 Å². The van der Waals surface area contributed by atoms with Gasteiger partial charge in [0.1, 0.15) is 0 Å². The summed E-state index contributed by atoms with van der Waals surface area (Å²) in [7, 11) is 0. The predicted molar refractivity (Wildman–Crippen MR) is 45.2 cm³/mol. The summed E-state index contributed by atoms with van der Waals surface area (Å²) in [6.45, 7) is 2.06. The number of H-pyrrole nitrogens is 1. The zero-order valence-electron chi connectivity index (χ0n) is 6.80. The molecule has 2 nitrogen and oxygen atoms in total. The molecule has 1 atom stereocenters. The molecule has 1 aromatic heterocycles. The number of aryl methyl sites for hydroxylation is 1. The van der Waals surface area contributed by atoms with Crippen molar-refractivity contribution in [2.24, 2.45) is 11.7 Å². The summed E-state index contributed by atoms with van der Waals surface area (Å²) in [6.07, 6.45) is 2.61. The minimum atomic E-state index is 0.253. The van der Waals surface area contributed by atoms with Gasteiger partial charge in [0.05, 0.1) is 0 Å². The maximum absolute atomic E-state index is 5.98. The Morgan fingerprint density at radius 3 is 2.73 bits per heavy atom. The molecular weight excluding hydrogens is 136 g/mol. The first-order chi connectivity index (χ1) is 5.27. The second-order valence-electron chi connectivity index (χ2n) is 3.46. The van der Waals surface area contributed by atoms with Crippen molar-refractivity contribution in [3.05, 3.63) is 23.5 Å². The number of rotatable bonds is 2. The van der Waals surface area contributed by atoms with Gasteiger partial charge in [-0.1, -0.05) is 0 Å². The van der Waals surface area contributed by atoms with Crippen molar-refractivity contribution in [1.29, 1.82) is 0 Å². The van der Waals surface area contributed by atoms with Gasteiger partial charge in [0.15, 0.2) is 0 Å². The second kappa shape index (κ2) is 2.38. The zero-order valence-corrected chi connectivity index (χ0v) is 6.80. The van der Waals surface area contributed by atoms with Crippen LogP contribution in [0, 0.1) is 12.8 Å². The maximum Gasteiger partial charge on any atom is 0.0476 e. The predicted octanol–water partition coefficient (Wildman–Crippen LogP) is 1.73. The van der Waals surface area contributed by atoms with E-state index in [4.69, 9.17) is 5.73 Å². The van der Waals surface area contributed by atoms with Crippen LogP contribution in [0.2, 0.25) is 0 Å². The number of nitrogens with one attached hydrogen (secondary N) is 1. The fraction of sp³-hybridized carbons (Fsp3) is 0.556. The van der Waals surface area contributed by atoms with E-state index in [1.807, 2.05) is 0 Å². The second-order valence-corrected chi connectivity index (χ2v) is 3.46. The summed E-state index contributed by atoms with van der Waals surface area (Å²) in [6, 6.07) is 4.43. The van der Waals surface area contributed by atoms with E-state index < -0.39 is 0 Å². The van der Waals surface area contributed by atoms with Crippen LogP contribution in [0.3, 0.4) is 0 Å². The number of aromatic amines is 1. The van der Waals surface area contributed by atoms with E-state index in [1.54, 1.807) is 0 Å². The number of nitrogens with two attached hydrogens (primary N) is 1. The Balaban J connectivity index is 2.14.